The van der Waals surface area contributed by atoms with Crippen molar-refractivity contribution in [2.45, 2.75) is 6.92 Å². The molecule has 0 radical (unpaired) electrons. The number of nitro benzene ring substituents is 1. The van der Waals surface area contributed by atoms with Crippen LogP contribution in [0, 0.1) is 28.4 Å². The van der Waals surface area contributed by atoms with Gasteiger partial charge in [0.25, 0.3) is 10.9 Å². The molecule has 0 aliphatic heterocycles. The molecule has 0 spiro atoms. The van der Waals surface area contributed by atoms with E-state index in [1.807, 2.05) is 0 Å². The van der Waals surface area contributed by atoms with Crippen molar-refractivity contribution < 1.29 is 9.72 Å². The zero-order valence-electron chi connectivity index (χ0n) is 7.65. The Morgan fingerprint density at radius 3 is 2.60 bits per heavy atom. The van der Waals surface area contributed by atoms with Gasteiger partial charge in [-0.3, -0.25) is 14.9 Å². The van der Waals surface area contributed by atoms with Gasteiger partial charge in [0.1, 0.15) is 11.6 Å². The maximum atomic E-state index is 10.8. The van der Waals surface area contributed by atoms with Crippen molar-refractivity contribution >= 4 is 22.5 Å². The molecule has 0 heterocycles. The van der Waals surface area contributed by atoms with Crippen LogP contribution < -0.4 is 0 Å². The van der Waals surface area contributed by atoms with Crippen molar-refractivity contribution in [1.82, 2.24) is 0 Å². The summed E-state index contributed by atoms with van der Waals surface area (Å²) in [7, 11) is 0. The molecule has 0 N–H and O–H groups in total. The molecule has 0 aliphatic rings. The molecule has 0 unspecified atom stereocenters. The summed E-state index contributed by atoms with van der Waals surface area (Å²) in [5.41, 5.74) is -0.137. The molecule has 0 saturated carbocycles. The third-order valence-corrected chi connectivity index (χ3v) is 2.05. The molecular weight excluding hydrogens is 220 g/mol. The second-order valence-corrected chi connectivity index (χ2v) is 3.18. The summed E-state index contributed by atoms with van der Waals surface area (Å²) in [5, 5.41) is 18.6. The van der Waals surface area contributed by atoms with Crippen LogP contribution in [0.5, 0.6) is 0 Å². The summed E-state index contributed by atoms with van der Waals surface area (Å²) in [6, 6.07) is 4.06. The maximum absolute atomic E-state index is 10.8. The highest BCUT2D eigenvalue weighted by Crippen LogP contribution is 2.25. The summed E-state index contributed by atoms with van der Waals surface area (Å²) in [6.45, 7) is 1.45. The van der Waals surface area contributed by atoms with Gasteiger partial charge in [0, 0.05) is 11.1 Å². The fourth-order valence-corrected chi connectivity index (χ4v) is 1.33. The van der Waals surface area contributed by atoms with Crippen LogP contribution in [0.4, 0.5) is 5.69 Å². The van der Waals surface area contributed by atoms with Crippen LogP contribution in [0.25, 0.3) is 0 Å². The Hall–Kier alpha value is -1.93. The van der Waals surface area contributed by atoms with Crippen molar-refractivity contribution in [2.24, 2.45) is 0 Å². The van der Waals surface area contributed by atoms with Gasteiger partial charge in [0.2, 0.25) is 0 Å². The number of nitro groups is 1. The second kappa shape index (κ2) is 4.07. The van der Waals surface area contributed by atoms with Crippen LogP contribution in [0.2, 0.25) is 0 Å². The van der Waals surface area contributed by atoms with Crippen LogP contribution in [-0.4, -0.2) is 10.2 Å². The number of nitriles is 1. The Balaban J connectivity index is 3.53. The molecule has 1 aromatic rings. The SMILES string of the molecule is Cc1cc(C(=O)Cl)cc(C#N)c1[N+](=O)[O-]. The van der Waals surface area contributed by atoms with Crippen LogP contribution in [-0.2, 0) is 0 Å². The van der Waals surface area contributed by atoms with Crippen molar-refractivity contribution in [2.75, 3.05) is 0 Å². The molecule has 0 aromatic heterocycles. The summed E-state index contributed by atoms with van der Waals surface area (Å²) >= 11 is 5.22. The highest BCUT2D eigenvalue weighted by Gasteiger charge is 2.19. The van der Waals surface area contributed by atoms with Gasteiger partial charge in [-0.2, -0.15) is 5.26 Å². The summed E-state index contributed by atoms with van der Waals surface area (Å²) < 4.78 is 0. The van der Waals surface area contributed by atoms with Crippen LogP contribution >= 0.6 is 11.6 Å². The van der Waals surface area contributed by atoms with E-state index in [1.165, 1.54) is 13.0 Å². The lowest BCUT2D eigenvalue weighted by Gasteiger charge is -2.01. The number of aryl methyl sites for hydroxylation is 1. The standard InChI is InChI=1S/C9H5ClN2O3/c1-5-2-6(9(10)13)3-7(4-11)8(5)12(14)15/h2-3H,1H3. The highest BCUT2D eigenvalue weighted by molar-refractivity contribution is 6.67. The molecule has 5 nitrogen and oxygen atoms in total. The van der Waals surface area contributed by atoms with E-state index in [4.69, 9.17) is 16.9 Å². The number of hydrogen-bond acceptors (Lipinski definition) is 4. The van der Waals surface area contributed by atoms with Gasteiger partial charge >= 0.3 is 0 Å². The molecule has 0 amide bonds. The third-order valence-electron chi connectivity index (χ3n) is 1.83. The predicted molar refractivity (Wildman–Crippen MR) is 52.7 cm³/mol. The minimum atomic E-state index is -0.746. The zero-order chi connectivity index (χ0) is 11.6. The lowest BCUT2D eigenvalue weighted by atomic mass is 10.1. The first-order valence-electron chi connectivity index (χ1n) is 3.86. The Bertz CT molecular complexity index is 491. The summed E-state index contributed by atoms with van der Waals surface area (Å²) in [4.78, 5) is 20.8. The van der Waals surface area contributed by atoms with Crippen molar-refractivity contribution in [3.63, 3.8) is 0 Å². The Morgan fingerprint density at radius 2 is 2.20 bits per heavy atom. The average Bonchev–Trinajstić information content (AvgIpc) is 2.15. The van der Waals surface area contributed by atoms with Gasteiger partial charge in [0.15, 0.2) is 0 Å². The van der Waals surface area contributed by atoms with Gasteiger partial charge in [-0.25, -0.2) is 0 Å². The molecule has 1 aromatic carbocycles. The number of benzene rings is 1. The Kier molecular flexibility index (Phi) is 3.02. The molecule has 0 atom stereocenters. The van der Waals surface area contributed by atoms with E-state index in [1.54, 1.807) is 6.07 Å². The number of carbonyl (C=O) groups excluding carboxylic acids is 1. The van der Waals surface area contributed by atoms with Gasteiger partial charge in [0.05, 0.1) is 4.92 Å². The Labute approximate surface area is 90.0 Å². The lowest BCUT2D eigenvalue weighted by Crippen LogP contribution is -1.99. The van der Waals surface area contributed by atoms with Gasteiger partial charge in [-0.15, -0.1) is 0 Å². The van der Waals surface area contributed by atoms with Crippen LogP contribution in [0.3, 0.4) is 0 Å². The first kappa shape index (κ1) is 11.1. The normalized spacial score (nSPS) is 9.40. The summed E-state index contributed by atoms with van der Waals surface area (Å²) in [5.74, 6) is 0. The average molecular weight is 225 g/mol. The van der Waals surface area contributed by atoms with E-state index >= 15 is 0 Å². The van der Waals surface area contributed by atoms with E-state index < -0.39 is 10.2 Å². The smallest absolute Gasteiger partial charge is 0.276 e. The van der Waals surface area contributed by atoms with Gasteiger partial charge in [-0.1, -0.05) is 0 Å². The number of rotatable bonds is 2. The van der Waals surface area contributed by atoms with E-state index in [2.05, 4.69) is 0 Å². The first-order chi connectivity index (χ1) is 6.97. The van der Waals surface area contributed by atoms with Crippen molar-refractivity contribution in [1.29, 1.82) is 5.26 Å². The minimum Gasteiger partial charge on any atom is -0.276 e. The fraction of sp³-hybridized carbons (Fsp3) is 0.111. The maximum Gasteiger partial charge on any atom is 0.289 e. The topological polar surface area (TPSA) is 84.0 Å². The zero-order valence-corrected chi connectivity index (χ0v) is 8.41. The fourth-order valence-electron chi connectivity index (χ4n) is 1.22. The number of carbonyl (C=O) groups is 1. The van der Waals surface area contributed by atoms with E-state index in [0.717, 1.165) is 6.07 Å². The van der Waals surface area contributed by atoms with Gasteiger partial charge in [-0.05, 0) is 30.7 Å². The van der Waals surface area contributed by atoms with E-state index in [0.29, 0.717) is 0 Å². The molecule has 0 aliphatic carbocycles. The number of halogens is 1. The number of hydrogen-bond donors (Lipinski definition) is 0. The molecule has 0 saturated heterocycles. The van der Waals surface area contributed by atoms with Crippen LogP contribution in [0.15, 0.2) is 12.1 Å². The number of nitrogens with zero attached hydrogens (tertiary/aromatic N) is 2. The molecule has 15 heavy (non-hydrogen) atoms. The monoisotopic (exact) mass is 224 g/mol. The first-order valence-corrected chi connectivity index (χ1v) is 4.24. The van der Waals surface area contributed by atoms with E-state index in [-0.39, 0.29) is 22.4 Å². The minimum absolute atomic E-state index is 0.0799. The Morgan fingerprint density at radius 1 is 1.60 bits per heavy atom. The van der Waals surface area contributed by atoms with Crippen molar-refractivity contribution in [3.8, 4) is 6.07 Å². The second-order valence-electron chi connectivity index (χ2n) is 2.83. The molecule has 6 heteroatoms. The third kappa shape index (κ3) is 2.11. The van der Waals surface area contributed by atoms with Crippen molar-refractivity contribution in [3.05, 3.63) is 38.9 Å². The predicted octanol–water partition coefficient (Wildman–Crippen LogP) is 2.15. The molecule has 0 fully saturated rings. The lowest BCUT2D eigenvalue weighted by molar-refractivity contribution is -0.385. The molecule has 0 bridgehead atoms. The molecule has 1 rings (SSSR count). The van der Waals surface area contributed by atoms with Crippen LogP contribution in [0.1, 0.15) is 21.5 Å². The summed E-state index contributed by atoms with van der Waals surface area (Å²) in [6.07, 6.45) is 0. The highest BCUT2D eigenvalue weighted by atomic mass is 35.5. The quantitative estimate of drug-likeness (QED) is 0.438. The molecular formula is C9H5ClN2O3. The van der Waals surface area contributed by atoms with E-state index in [9.17, 15) is 14.9 Å². The van der Waals surface area contributed by atoms with Gasteiger partial charge < -0.3 is 0 Å². The largest absolute Gasteiger partial charge is 0.289 e. The molecule has 76 valence electrons.